The van der Waals surface area contributed by atoms with E-state index in [1.807, 2.05) is 27.5 Å². The molecule has 0 spiro atoms. The number of hydrogen-bond acceptors (Lipinski definition) is 5. The van der Waals surface area contributed by atoms with Gasteiger partial charge >= 0.3 is 5.97 Å². The normalized spacial score (nSPS) is 21.1. The highest BCUT2D eigenvalue weighted by Crippen LogP contribution is 2.03. The fourth-order valence-corrected chi connectivity index (χ4v) is 2.80. The standard InChI is InChI=1S/C8H14INO4S/c9-7-8(11)14-4-1-10-2-5-15(12,13)6-3-10/h1-7H2. The van der Waals surface area contributed by atoms with Crippen molar-refractivity contribution < 1.29 is 17.9 Å². The van der Waals surface area contributed by atoms with Gasteiger partial charge in [0.05, 0.1) is 15.9 Å². The molecule has 0 radical (unpaired) electrons. The lowest BCUT2D eigenvalue weighted by Crippen LogP contribution is -2.41. The number of esters is 1. The second-order valence-corrected chi connectivity index (χ2v) is 6.41. The molecule has 0 unspecified atom stereocenters. The molecule has 1 saturated heterocycles. The Labute approximate surface area is 103 Å². The number of nitrogens with zero attached hydrogens (tertiary/aromatic N) is 1. The average Bonchev–Trinajstić information content (AvgIpc) is 2.20. The third-order valence-corrected chi connectivity index (χ3v) is 4.45. The first-order chi connectivity index (χ1) is 7.03. The maximum atomic E-state index is 11.1. The minimum Gasteiger partial charge on any atom is -0.464 e. The topological polar surface area (TPSA) is 63.7 Å². The third-order valence-electron chi connectivity index (χ3n) is 2.22. The molecule has 88 valence electrons. The summed E-state index contributed by atoms with van der Waals surface area (Å²) in [4.78, 5) is 12.8. The van der Waals surface area contributed by atoms with E-state index in [9.17, 15) is 13.2 Å². The molecule has 1 aliphatic heterocycles. The van der Waals surface area contributed by atoms with E-state index < -0.39 is 9.84 Å². The monoisotopic (exact) mass is 347 g/mol. The summed E-state index contributed by atoms with van der Waals surface area (Å²) in [5.74, 6) is 0.209. The summed E-state index contributed by atoms with van der Waals surface area (Å²) in [5.41, 5.74) is 0. The molecule has 0 saturated carbocycles. The van der Waals surface area contributed by atoms with Crippen LogP contribution in [0, 0.1) is 0 Å². The van der Waals surface area contributed by atoms with Gasteiger partial charge in [0.25, 0.3) is 0 Å². The summed E-state index contributed by atoms with van der Waals surface area (Å²) < 4.78 is 27.5. The van der Waals surface area contributed by atoms with Crippen LogP contribution in [0.15, 0.2) is 0 Å². The molecular formula is C8H14INO4S. The quantitative estimate of drug-likeness (QED) is 0.397. The maximum Gasteiger partial charge on any atom is 0.315 e. The number of rotatable bonds is 4. The van der Waals surface area contributed by atoms with Crippen LogP contribution < -0.4 is 0 Å². The highest BCUT2D eigenvalue weighted by molar-refractivity contribution is 14.1. The van der Waals surface area contributed by atoms with Crippen LogP contribution in [-0.4, -0.2) is 61.5 Å². The van der Waals surface area contributed by atoms with Crippen LogP contribution in [0.2, 0.25) is 0 Å². The Kier molecular flexibility index (Phi) is 5.27. The summed E-state index contributed by atoms with van der Waals surface area (Å²) >= 11 is 1.94. The second-order valence-electron chi connectivity index (χ2n) is 3.35. The molecule has 1 aliphatic rings. The van der Waals surface area contributed by atoms with Gasteiger partial charge in [-0.05, 0) is 0 Å². The van der Waals surface area contributed by atoms with Gasteiger partial charge in [0, 0.05) is 19.6 Å². The van der Waals surface area contributed by atoms with E-state index in [0.717, 1.165) is 0 Å². The minimum atomic E-state index is -2.81. The van der Waals surface area contributed by atoms with Gasteiger partial charge in [0.2, 0.25) is 0 Å². The Morgan fingerprint density at radius 1 is 1.33 bits per heavy atom. The molecule has 5 nitrogen and oxygen atoms in total. The first-order valence-corrected chi connectivity index (χ1v) is 8.02. The molecule has 0 amide bonds. The Morgan fingerprint density at radius 2 is 1.93 bits per heavy atom. The van der Waals surface area contributed by atoms with E-state index >= 15 is 0 Å². The number of carbonyl (C=O) groups excluding carboxylic acids is 1. The van der Waals surface area contributed by atoms with E-state index in [1.165, 1.54) is 0 Å². The zero-order chi connectivity index (χ0) is 11.3. The molecule has 0 aromatic heterocycles. The van der Waals surface area contributed by atoms with Crippen molar-refractivity contribution >= 4 is 38.4 Å². The largest absolute Gasteiger partial charge is 0.464 e. The zero-order valence-corrected chi connectivity index (χ0v) is 11.3. The van der Waals surface area contributed by atoms with Crippen LogP contribution in [0.3, 0.4) is 0 Å². The molecule has 1 rings (SSSR count). The van der Waals surface area contributed by atoms with E-state index in [2.05, 4.69) is 0 Å². The van der Waals surface area contributed by atoms with Gasteiger partial charge < -0.3 is 4.74 Å². The van der Waals surface area contributed by atoms with E-state index in [1.54, 1.807) is 0 Å². The number of alkyl halides is 1. The highest BCUT2D eigenvalue weighted by atomic mass is 127. The molecule has 7 heteroatoms. The van der Waals surface area contributed by atoms with Crippen molar-refractivity contribution in [2.75, 3.05) is 42.2 Å². The molecule has 0 aliphatic carbocycles. The van der Waals surface area contributed by atoms with Gasteiger partial charge in [-0.15, -0.1) is 0 Å². The number of ether oxygens (including phenoxy) is 1. The van der Waals surface area contributed by atoms with Crippen LogP contribution in [-0.2, 0) is 19.4 Å². The smallest absolute Gasteiger partial charge is 0.315 e. The van der Waals surface area contributed by atoms with Crippen molar-refractivity contribution in [3.05, 3.63) is 0 Å². The molecule has 1 heterocycles. The summed E-state index contributed by atoms with van der Waals surface area (Å²) in [6.45, 7) is 2.06. The van der Waals surface area contributed by atoms with Crippen molar-refractivity contribution in [1.82, 2.24) is 4.90 Å². The first kappa shape index (κ1) is 13.2. The molecule has 0 atom stereocenters. The summed E-state index contributed by atoms with van der Waals surface area (Å²) in [6, 6.07) is 0. The van der Waals surface area contributed by atoms with E-state index in [4.69, 9.17) is 4.74 Å². The van der Waals surface area contributed by atoms with Crippen molar-refractivity contribution in [3.63, 3.8) is 0 Å². The van der Waals surface area contributed by atoms with Crippen LogP contribution >= 0.6 is 22.6 Å². The molecule has 0 aromatic carbocycles. The number of halogens is 1. The van der Waals surface area contributed by atoms with Crippen molar-refractivity contribution in [2.45, 2.75) is 0 Å². The Balaban J connectivity index is 2.17. The van der Waals surface area contributed by atoms with Crippen LogP contribution in [0.1, 0.15) is 0 Å². The summed E-state index contributed by atoms with van der Waals surface area (Å²) in [5, 5.41) is 0. The van der Waals surface area contributed by atoms with Crippen LogP contribution in [0.5, 0.6) is 0 Å². The van der Waals surface area contributed by atoms with E-state index in [-0.39, 0.29) is 17.5 Å². The Bertz CT molecular complexity index is 303. The number of carbonyl (C=O) groups is 1. The molecule has 0 N–H and O–H groups in total. The number of hydrogen-bond donors (Lipinski definition) is 0. The lowest BCUT2D eigenvalue weighted by atomic mass is 10.5. The lowest BCUT2D eigenvalue weighted by molar-refractivity contribution is -0.140. The predicted molar refractivity (Wildman–Crippen MR) is 64.9 cm³/mol. The maximum absolute atomic E-state index is 11.1. The van der Waals surface area contributed by atoms with Crippen molar-refractivity contribution in [3.8, 4) is 0 Å². The minimum absolute atomic E-state index is 0.216. The zero-order valence-electron chi connectivity index (χ0n) is 8.32. The number of sulfone groups is 1. The first-order valence-electron chi connectivity index (χ1n) is 4.68. The fourth-order valence-electron chi connectivity index (χ4n) is 1.30. The molecule has 0 bridgehead atoms. The molecular weight excluding hydrogens is 333 g/mol. The third kappa shape index (κ3) is 5.12. The van der Waals surface area contributed by atoms with Gasteiger partial charge in [-0.1, -0.05) is 22.6 Å². The molecule has 1 fully saturated rings. The average molecular weight is 347 g/mol. The van der Waals surface area contributed by atoms with Gasteiger partial charge in [-0.3, -0.25) is 9.69 Å². The van der Waals surface area contributed by atoms with Gasteiger partial charge in [0.15, 0.2) is 9.84 Å². The molecule has 15 heavy (non-hydrogen) atoms. The van der Waals surface area contributed by atoms with Crippen LogP contribution in [0.25, 0.3) is 0 Å². The van der Waals surface area contributed by atoms with Gasteiger partial charge in [-0.25, -0.2) is 8.42 Å². The summed E-state index contributed by atoms with van der Waals surface area (Å²) in [6.07, 6.45) is 0. The predicted octanol–water partition coefficient (Wildman–Crippen LogP) is -0.305. The van der Waals surface area contributed by atoms with E-state index in [0.29, 0.717) is 30.7 Å². The van der Waals surface area contributed by atoms with Crippen LogP contribution in [0.4, 0.5) is 0 Å². The van der Waals surface area contributed by atoms with Gasteiger partial charge in [0.1, 0.15) is 6.61 Å². The van der Waals surface area contributed by atoms with Gasteiger partial charge in [-0.2, -0.15) is 0 Å². The Morgan fingerprint density at radius 3 is 2.47 bits per heavy atom. The highest BCUT2D eigenvalue weighted by Gasteiger charge is 2.21. The second kappa shape index (κ2) is 6.00. The molecule has 0 aromatic rings. The van der Waals surface area contributed by atoms with Crippen molar-refractivity contribution in [1.29, 1.82) is 0 Å². The Hall–Kier alpha value is 0.110. The SMILES string of the molecule is O=C(CI)OCCN1CCS(=O)(=O)CC1. The van der Waals surface area contributed by atoms with Crippen molar-refractivity contribution in [2.24, 2.45) is 0 Å². The fraction of sp³-hybridized carbons (Fsp3) is 0.875. The lowest BCUT2D eigenvalue weighted by Gasteiger charge is -2.25. The summed E-state index contributed by atoms with van der Waals surface area (Å²) in [7, 11) is -2.81.